The molecule has 0 saturated carbocycles. The van der Waals surface area contributed by atoms with Crippen LogP contribution < -0.4 is 4.90 Å². The van der Waals surface area contributed by atoms with Crippen LogP contribution >= 0.6 is 0 Å². The van der Waals surface area contributed by atoms with Crippen molar-refractivity contribution in [1.29, 1.82) is 0 Å². The molecule has 1 atom stereocenters. The second-order valence-electron chi connectivity index (χ2n) is 6.52. The number of carbonyl (C=O) groups excluding carboxylic acids is 1. The Morgan fingerprint density at radius 2 is 2.16 bits per heavy atom. The zero-order valence-electron chi connectivity index (χ0n) is 14.3. The largest absolute Gasteiger partial charge is 0.361 e. The van der Waals surface area contributed by atoms with Gasteiger partial charge in [0.15, 0.2) is 5.82 Å². The highest BCUT2D eigenvalue weighted by Crippen LogP contribution is 2.29. The Morgan fingerprint density at radius 3 is 2.92 bits per heavy atom. The first-order valence-electron chi connectivity index (χ1n) is 8.34. The molecule has 25 heavy (non-hydrogen) atoms. The fraction of sp³-hybridized carbons (Fsp3) is 0.333. The fourth-order valence-electron chi connectivity index (χ4n) is 3.31. The number of amides is 1. The van der Waals surface area contributed by atoms with Gasteiger partial charge >= 0.3 is 0 Å². The Bertz CT molecular complexity index is 904. The molecule has 0 unspecified atom stereocenters. The summed E-state index contributed by atoms with van der Waals surface area (Å²) in [5, 5.41) is 4.36. The molecule has 1 aliphatic rings. The van der Waals surface area contributed by atoms with E-state index in [-0.39, 0.29) is 11.8 Å². The first-order chi connectivity index (χ1) is 12.1. The molecule has 128 valence electrons. The quantitative estimate of drug-likeness (QED) is 0.730. The lowest BCUT2D eigenvalue weighted by atomic mass is 10.1. The number of rotatable bonds is 3. The van der Waals surface area contributed by atoms with Crippen LogP contribution in [-0.2, 0) is 0 Å². The van der Waals surface area contributed by atoms with Crippen molar-refractivity contribution in [1.82, 2.24) is 24.5 Å². The molecule has 3 aromatic rings. The molecule has 0 aromatic carbocycles. The molecule has 0 spiro atoms. The molecule has 1 aliphatic heterocycles. The SMILES string of the molecule is CN(C)c1nc([C@H]2CCN(C(=O)c3cccnc3)C2)cn2nccc12. The van der Waals surface area contributed by atoms with Gasteiger partial charge in [0.1, 0.15) is 5.52 Å². The van der Waals surface area contributed by atoms with Crippen LogP contribution in [0.25, 0.3) is 5.52 Å². The zero-order chi connectivity index (χ0) is 17.4. The van der Waals surface area contributed by atoms with E-state index in [2.05, 4.69) is 10.1 Å². The van der Waals surface area contributed by atoms with Crippen molar-refractivity contribution in [3.05, 3.63) is 54.2 Å². The summed E-state index contributed by atoms with van der Waals surface area (Å²) in [5.41, 5.74) is 2.59. The first kappa shape index (κ1) is 15.6. The standard InChI is InChI=1S/C18H20N6O/c1-22(2)17-16-5-8-20-24(16)12-15(21-17)14-6-9-23(11-14)18(25)13-4-3-7-19-10-13/h3-5,7-8,10,12,14H,6,9,11H2,1-2H3/t14-/m0/s1. The average Bonchev–Trinajstić information content (AvgIpc) is 3.30. The Labute approximate surface area is 145 Å². The minimum atomic E-state index is 0.0311. The number of hydrogen-bond acceptors (Lipinski definition) is 5. The summed E-state index contributed by atoms with van der Waals surface area (Å²) in [6.07, 6.45) is 7.95. The van der Waals surface area contributed by atoms with Crippen LogP contribution in [-0.4, -0.2) is 57.6 Å². The van der Waals surface area contributed by atoms with Gasteiger partial charge in [-0.05, 0) is 24.6 Å². The summed E-state index contributed by atoms with van der Waals surface area (Å²) >= 11 is 0. The van der Waals surface area contributed by atoms with E-state index in [1.807, 2.05) is 40.7 Å². The molecule has 7 heteroatoms. The summed E-state index contributed by atoms with van der Waals surface area (Å²) in [4.78, 5) is 25.4. The van der Waals surface area contributed by atoms with Gasteiger partial charge in [-0.15, -0.1) is 0 Å². The molecule has 0 radical (unpaired) electrons. The van der Waals surface area contributed by atoms with Crippen molar-refractivity contribution < 1.29 is 4.79 Å². The predicted molar refractivity (Wildman–Crippen MR) is 94.8 cm³/mol. The van der Waals surface area contributed by atoms with Crippen LogP contribution in [0.15, 0.2) is 43.0 Å². The molecule has 1 amide bonds. The van der Waals surface area contributed by atoms with Gasteiger partial charge in [0, 0.05) is 45.5 Å². The van der Waals surface area contributed by atoms with E-state index < -0.39 is 0 Å². The second kappa shape index (κ2) is 6.16. The van der Waals surface area contributed by atoms with Gasteiger partial charge in [-0.2, -0.15) is 5.10 Å². The fourth-order valence-corrected chi connectivity index (χ4v) is 3.31. The van der Waals surface area contributed by atoms with Crippen LogP contribution in [0.3, 0.4) is 0 Å². The third-order valence-electron chi connectivity index (χ3n) is 4.61. The van der Waals surface area contributed by atoms with E-state index in [4.69, 9.17) is 4.98 Å². The van der Waals surface area contributed by atoms with Gasteiger partial charge < -0.3 is 9.80 Å². The highest BCUT2D eigenvalue weighted by molar-refractivity contribution is 5.94. The van der Waals surface area contributed by atoms with Crippen LogP contribution in [0, 0.1) is 0 Å². The highest BCUT2D eigenvalue weighted by atomic mass is 16.2. The van der Waals surface area contributed by atoms with Crippen molar-refractivity contribution in [2.75, 3.05) is 32.1 Å². The summed E-state index contributed by atoms with van der Waals surface area (Å²) in [6.45, 7) is 1.40. The summed E-state index contributed by atoms with van der Waals surface area (Å²) in [6, 6.07) is 5.55. The normalized spacial score (nSPS) is 17.2. The third-order valence-corrected chi connectivity index (χ3v) is 4.61. The Morgan fingerprint density at radius 1 is 1.28 bits per heavy atom. The first-order valence-corrected chi connectivity index (χ1v) is 8.34. The van der Waals surface area contributed by atoms with Crippen molar-refractivity contribution in [2.24, 2.45) is 0 Å². The number of carbonyl (C=O) groups is 1. The molecule has 4 rings (SSSR count). The van der Waals surface area contributed by atoms with Gasteiger partial charge in [0.05, 0.1) is 23.7 Å². The average molecular weight is 336 g/mol. The topological polar surface area (TPSA) is 66.6 Å². The zero-order valence-corrected chi connectivity index (χ0v) is 14.3. The molecule has 0 bridgehead atoms. The molecule has 0 aliphatic carbocycles. The van der Waals surface area contributed by atoms with E-state index >= 15 is 0 Å². The number of pyridine rings is 1. The third kappa shape index (κ3) is 2.82. The lowest BCUT2D eigenvalue weighted by Crippen LogP contribution is -2.28. The molecule has 4 heterocycles. The van der Waals surface area contributed by atoms with Crippen molar-refractivity contribution >= 4 is 17.2 Å². The van der Waals surface area contributed by atoms with E-state index in [1.54, 1.807) is 30.7 Å². The maximum absolute atomic E-state index is 12.6. The Balaban J connectivity index is 1.59. The van der Waals surface area contributed by atoms with Crippen LogP contribution in [0.2, 0.25) is 0 Å². The van der Waals surface area contributed by atoms with Gasteiger partial charge in [0.2, 0.25) is 0 Å². The van der Waals surface area contributed by atoms with E-state index in [0.29, 0.717) is 12.1 Å². The molecule has 7 nitrogen and oxygen atoms in total. The maximum atomic E-state index is 12.6. The number of fused-ring (bicyclic) bond motifs is 1. The maximum Gasteiger partial charge on any atom is 0.255 e. The lowest BCUT2D eigenvalue weighted by Gasteiger charge is -2.18. The van der Waals surface area contributed by atoms with Crippen LogP contribution in [0.5, 0.6) is 0 Å². The van der Waals surface area contributed by atoms with Crippen molar-refractivity contribution in [2.45, 2.75) is 12.3 Å². The van der Waals surface area contributed by atoms with E-state index in [0.717, 1.165) is 30.0 Å². The number of nitrogens with zero attached hydrogens (tertiary/aromatic N) is 6. The molecular weight excluding hydrogens is 316 g/mol. The lowest BCUT2D eigenvalue weighted by molar-refractivity contribution is 0.0790. The van der Waals surface area contributed by atoms with E-state index in [1.165, 1.54) is 0 Å². The summed E-state index contributed by atoms with van der Waals surface area (Å²) in [5.74, 6) is 1.14. The van der Waals surface area contributed by atoms with Crippen LogP contribution in [0.1, 0.15) is 28.4 Å². The van der Waals surface area contributed by atoms with Crippen molar-refractivity contribution in [3.63, 3.8) is 0 Å². The van der Waals surface area contributed by atoms with Gasteiger partial charge in [-0.1, -0.05) is 0 Å². The van der Waals surface area contributed by atoms with Gasteiger partial charge in [0.25, 0.3) is 5.91 Å². The second-order valence-corrected chi connectivity index (χ2v) is 6.52. The number of anilines is 1. The smallest absolute Gasteiger partial charge is 0.255 e. The van der Waals surface area contributed by atoms with Gasteiger partial charge in [-0.3, -0.25) is 9.78 Å². The molecule has 3 aromatic heterocycles. The molecular formula is C18H20N6O. The van der Waals surface area contributed by atoms with Gasteiger partial charge in [-0.25, -0.2) is 9.50 Å². The number of likely N-dealkylation sites (tertiary alicyclic amines) is 1. The van der Waals surface area contributed by atoms with Crippen molar-refractivity contribution in [3.8, 4) is 0 Å². The molecule has 1 fully saturated rings. The molecule has 1 saturated heterocycles. The van der Waals surface area contributed by atoms with Crippen LogP contribution in [0.4, 0.5) is 5.82 Å². The molecule has 0 N–H and O–H groups in total. The minimum Gasteiger partial charge on any atom is -0.361 e. The number of hydrogen-bond donors (Lipinski definition) is 0. The summed E-state index contributed by atoms with van der Waals surface area (Å²) < 4.78 is 1.86. The minimum absolute atomic E-state index is 0.0311. The monoisotopic (exact) mass is 336 g/mol. The Hall–Kier alpha value is -2.96. The predicted octanol–water partition coefficient (Wildman–Crippen LogP) is 1.82. The highest BCUT2D eigenvalue weighted by Gasteiger charge is 2.29. The number of aromatic nitrogens is 4. The Kier molecular flexibility index (Phi) is 3.83. The summed E-state index contributed by atoms with van der Waals surface area (Å²) in [7, 11) is 3.96. The van der Waals surface area contributed by atoms with E-state index in [9.17, 15) is 4.79 Å².